The number of nitrogens with zero attached hydrogens (tertiary/aromatic N) is 3. The summed E-state index contributed by atoms with van der Waals surface area (Å²) in [6.07, 6.45) is 2.31. The lowest BCUT2D eigenvalue weighted by molar-refractivity contribution is -0.138. The van der Waals surface area contributed by atoms with Gasteiger partial charge in [0.25, 0.3) is 0 Å². The number of carbonyl (C=O) groups is 2. The first-order valence-corrected chi connectivity index (χ1v) is 8.28. The third-order valence-electron chi connectivity index (χ3n) is 4.84. The molecule has 1 aromatic rings. The van der Waals surface area contributed by atoms with Crippen LogP contribution in [0.3, 0.4) is 0 Å². The van der Waals surface area contributed by atoms with Crippen molar-refractivity contribution in [3.05, 3.63) is 17.2 Å². The highest BCUT2D eigenvalue weighted by Gasteiger charge is 2.32. The number of nitrogens with one attached hydrogen (secondary N) is 1. The van der Waals surface area contributed by atoms with E-state index < -0.39 is 0 Å². The zero-order valence-electron chi connectivity index (χ0n) is 14.7. The summed E-state index contributed by atoms with van der Waals surface area (Å²) >= 11 is 0. The van der Waals surface area contributed by atoms with E-state index in [2.05, 4.69) is 9.97 Å². The predicted octanol–water partition coefficient (Wildman–Crippen LogP) is 1.03. The Bertz CT molecular complexity index is 622. The normalized spacial score (nSPS) is 23.0. The molecule has 3 heterocycles. The van der Waals surface area contributed by atoms with E-state index in [1.807, 2.05) is 11.8 Å². The van der Waals surface area contributed by atoms with Crippen LogP contribution in [0.25, 0.3) is 0 Å². The third kappa shape index (κ3) is 4.86. The van der Waals surface area contributed by atoms with Gasteiger partial charge in [-0.15, -0.1) is 24.8 Å². The fraction of sp³-hybridized carbons (Fsp3) is 0.688. The Kier molecular flexibility index (Phi) is 7.71. The van der Waals surface area contributed by atoms with Gasteiger partial charge >= 0.3 is 0 Å². The van der Waals surface area contributed by atoms with Gasteiger partial charge in [-0.3, -0.25) is 9.59 Å². The van der Waals surface area contributed by atoms with Crippen LogP contribution in [-0.4, -0.2) is 57.3 Å². The van der Waals surface area contributed by atoms with Gasteiger partial charge in [0.15, 0.2) is 0 Å². The molecule has 0 saturated carbocycles. The van der Waals surface area contributed by atoms with Crippen molar-refractivity contribution in [3.8, 4) is 0 Å². The van der Waals surface area contributed by atoms with Gasteiger partial charge in [-0.05, 0) is 19.8 Å². The van der Waals surface area contributed by atoms with Crippen molar-refractivity contribution in [2.45, 2.75) is 45.7 Å². The van der Waals surface area contributed by atoms with Gasteiger partial charge in [-0.2, -0.15) is 0 Å². The summed E-state index contributed by atoms with van der Waals surface area (Å²) in [5.74, 6) is 0.860. The van der Waals surface area contributed by atoms with Gasteiger partial charge in [-0.1, -0.05) is 0 Å². The van der Waals surface area contributed by atoms with Crippen molar-refractivity contribution in [2.24, 2.45) is 11.7 Å². The number of amides is 2. The molecule has 1 fully saturated rings. The van der Waals surface area contributed by atoms with Crippen LogP contribution in [0.1, 0.15) is 37.0 Å². The van der Waals surface area contributed by atoms with Crippen molar-refractivity contribution in [1.29, 1.82) is 0 Å². The number of likely N-dealkylation sites (tertiary alicyclic amines) is 1. The topological polar surface area (TPSA) is 95.3 Å². The van der Waals surface area contributed by atoms with Crippen LogP contribution in [-0.2, 0) is 22.6 Å². The standard InChI is InChI=1S/C16H25N5O2.2ClH/c1-10-18-14-5-6-20(9-15(14)19-10)16(23)12-3-4-13(17)8-21(7-12)11(2)22;;/h12-13H,3-9,17H2,1-2H3,(H,18,19);2*1H/t12-,13+;;/m1../s1. The minimum Gasteiger partial charge on any atom is -0.344 e. The fourth-order valence-corrected chi connectivity index (χ4v) is 3.56. The number of hydrogen-bond donors (Lipinski definition) is 2. The van der Waals surface area contributed by atoms with E-state index in [0.29, 0.717) is 26.2 Å². The first-order chi connectivity index (χ1) is 10.9. The van der Waals surface area contributed by atoms with Crippen LogP contribution < -0.4 is 5.73 Å². The molecule has 0 bridgehead atoms. The van der Waals surface area contributed by atoms with Gasteiger partial charge in [0, 0.05) is 39.0 Å². The fourth-order valence-electron chi connectivity index (χ4n) is 3.56. The van der Waals surface area contributed by atoms with Crippen molar-refractivity contribution >= 4 is 36.6 Å². The van der Waals surface area contributed by atoms with Crippen LogP contribution >= 0.6 is 24.8 Å². The van der Waals surface area contributed by atoms with E-state index >= 15 is 0 Å². The summed E-state index contributed by atoms with van der Waals surface area (Å²) < 4.78 is 0. The number of H-pyrrole nitrogens is 1. The Hall–Kier alpha value is -1.31. The number of nitrogens with two attached hydrogens (primary N) is 1. The maximum Gasteiger partial charge on any atom is 0.227 e. The molecule has 3 rings (SSSR count). The summed E-state index contributed by atoms with van der Waals surface area (Å²) in [4.78, 5) is 36.0. The molecule has 0 aromatic carbocycles. The van der Waals surface area contributed by atoms with Crippen LogP contribution in [0.2, 0.25) is 0 Å². The minimum absolute atomic E-state index is 0. The SMILES string of the molecule is CC(=O)N1C[C@@H](N)CC[C@@H](C(=O)N2CCc3nc(C)[nH]c3C2)C1.Cl.Cl. The molecular formula is C16H27Cl2N5O2. The summed E-state index contributed by atoms with van der Waals surface area (Å²) in [7, 11) is 0. The van der Waals surface area contributed by atoms with Crippen LogP contribution in [0.15, 0.2) is 0 Å². The maximum absolute atomic E-state index is 12.9. The lowest BCUT2D eigenvalue weighted by Gasteiger charge is -2.31. The molecule has 0 spiro atoms. The monoisotopic (exact) mass is 391 g/mol. The molecule has 2 amide bonds. The van der Waals surface area contributed by atoms with Crippen LogP contribution in [0.5, 0.6) is 0 Å². The number of aromatic amines is 1. The van der Waals surface area contributed by atoms with Gasteiger partial charge < -0.3 is 20.5 Å². The van der Waals surface area contributed by atoms with Crippen molar-refractivity contribution < 1.29 is 9.59 Å². The molecule has 3 N–H and O–H groups in total. The summed E-state index contributed by atoms with van der Waals surface area (Å²) in [6.45, 7) is 5.77. The highest BCUT2D eigenvalue weighted by molar-refractivity contribution is 5.85. The number of fused-ring (bicyclic) bond motifs is 1. The van der Waals surface area contributed by atoms with Gasteiger partial charge in [0.05, 0.1) is 23.9 Å². The second-order valence-electron chi connectivity index (χ2n) is 6.72. The van der Waals surface area contributed by atoms with E-state index in [0.717, 1.165) is 36.5 Å². The number of aryl methyl sites for hydroxylation is 1. The van der Waals surface area contributed by atoms with Crippen LogP contribution in [0, 0.1) is 12.8 Å². The van der Waals surface area contributed by atoms with E-state index in [1.165, 1.54) is 0 Å². The van der Waals surface area contributed by atoms with Crippen LogP contribution in [0.4, 0.5) is 0 Å². The zero-order valence-corrected chi connectivity index (χ0v) is 16.3. The molecule has 9 heteroatoms. The van der Waals surface area contributed by atoms with E-state index in [9.17, 15) is 9.59 Å². The van der Waals surface area contributed by atoms with E-state index in [1.54, 1.807) is 11.8 Å². The van der Waals surface area contributed by atoms with Crippen molar-refractivity contribution in [3.63, 3.8) is 0 Å². The maximum atomic E-state index is 12.9. The molecule has 1 aromatic heterocycles. The Balaban J connectivity index is 0.00000156. The molecule has 7 nitrogen and oxygen atoms in total. The van der Waals surface area contributed by atoms with Gasteiger partial charge in [-0.25, -0.2) is 4.98 Å². The average Bonchev–Trinajstić information content (AvgIpc) is 2.75. The number of hydrogen-bond acceptors (Lipinski definition) is 4. The number of rotatable bonds is 1. The second kappa shape index (κ2) is 8.87. The summed E-state index contributed by atoms with van der Waals surface area (Å²) in [5.41, 5.74) is 8.14. The van der Waals surface area contributed by atoms with E-state index in [-0.39, 0.29) is 48.6 Å². The molecule has 0 aliphatic carbocycles. The molecule has 2 aliphatic rings. The first kappa shape index (κ1) is 21.7. The van der Waals surface area contributed by atoms with Crippen molar-refractivity contribution in [1.82, 2.24) is 19.8 Å². The molecule has 0 radical (unpaired) electrons. The lowest BCUT2D eigenvalue weighted by atomic mass is 9.99. The molecule has 2 aliphatic heterocycles. The number of halogens is 2. The van der Waals surface area contributed by atoms with Gasteiger partial charge in [0.2, 0.25) is 11.8 Å². The third-order valence-corrected chi connectivity index (χ3v) is 4.84. The summed E-state index contributed by atoms with van der Waals surface area (Å²) in [6, 6.07) is -0.0417. The van der Waals surface area contributed by atoms with Gasteiger partial charge in [0.1, 0.15) is 5.82 Å². The summed E-state index contributed by atoms with van der Waals surface area (Å²) in [5, 5.41) is 0. The van der Waals surface area contributed by atoms with E-state index in [4.69, 9.17) is 5.73 Å². The molecule has 25 heavy (non-hydrogen) atoms. The lowest BCUT2D eigenvalue weighted by Crippen LogP contribution is -2.44. The van der Waals surface area contributed by atoms with Crippen molar-refractivity contribution in [2.75, 3.05) is 19.6 Å². The Labute approximate surface area is 160 Å². The Morgan fingerprint density at radius 3 is 2.60 bits per heavy atom. The predicted molar refractivity (Wildman–Crippen MR) is 99.9 cm³/mol. The zero-order chi connectivity index (χ0) is 16.6. The number of imidazole rings is 1. The molecule has 2 atom stereocenters. The largest absolute Gasteiger partial charge is 0.344 e. The first-order valence-electron chi connectivity index (χ1n) is 8.28. The number of carbonyl (C=O) groups excluding carboxylic acids is 2. The molecule has 142 valence electrons. The minimum atomic E-state index is -0.155. The molecular weight excluding hydrogens is 365 g/mol. The Morgan fingerprint density at radius 2 is 1.92 bits per heavy atom. The molecule has 0 unspecified atom stereocenters. The average molecular weight is 392 g/mol. The number of aromatic nitrogens is 2. The Morgan fingerprint density at radius 1 is 1.20 bits per heavy atom. The highest BCUT2D eigenvalue weighted by Crippen LogP contribution is 2.23. The highest BCUT2D eigenvalue weighted by atomic mass is 35.5. The quantitative estimate of drug-likeness (QED) is 0.747. The molecule has 1 saturated heterocycles. The smallest absolute Gasteiger partial charge is 0.227 e. The second-order valence-corrected chi connectivity index (χ2v) is 6.72.